The van der Waals surface area contributed by atoms with E-state index in [2.05, 4.69) is 0 Å². The number of esters is 1. The zero-order chi connectivity index (χ0) is 19.5. The van der Waals surface area contributed by atoms with E-state index >= 15 is 0 Å². The number of non-ortho nitro benzene ring substituents is 1. The van der Waals surface area contributed by atoms with Gasteiger partial charge in [-0.3, -0.25) is 14.9 Å². The summed E-state index contributed by atoms with van der Waals surface area (Å²) in [5, 5.41) is 10.7. The summed E-state index contributed by atoms with van der Waals surface area (Å²) in [5.41, 5.74) is -0.556. The van der Waals surface area contributed by atoms with Crippen LogP contribution in [0.25, 0.3) is 0 Å². The van der Waals surface area contributed by atoms with Crippen LogP contribution in [-0.4, -0.2) is 60.8 Å². The lowest BCUT2D eigenvalue weighted by atomic mass is 10.2. The van der Waals surface area contributed by atoms with Crippen molar-refractivity contribution in [1.82, 2.24) is 4.90 Å². The highest BCUT2D eigenvalue weighted by Gasteiger charge is 2.34. The number of nitro groups is 1. The van der Waals surface area contributed by atoms with E-state index in [0.29, 0.717) is 6.42 Å². The smallest absolute Gasteiger partial charge is 0.340 e. The van der Waals surface area contributed by atoms with Gasteiger partial charge in [-0.05, 0) is 19.4 Å². The number of carbonyl (C=O) groups is 2. The molecule has 1 aliphatic heterocycles. The summed E-state index contributed by atoms with van der Waals surface area (Å²) in [6.07, 6.45) is 0.340. The predicted octanol–water partition coefficient (Wildman–Crippen LogP) is 1.44. The molecule has 1 aromatic rings. The van der Waals surface area contributed by atoms with E-state index in [1.54, 1.807) is 6.92 Å². The van der Waals surface area contributed by atoms with Gasteiger partial charge in [0.15, 0.2) is 16.4 Å². The fourth-order valence-corrected chi connectivity index (χ4v) is 4.66. The van der Waals surface area contributed by atoms with Crippen LogP contribution < -0.4 is 0 Å². The zero-order valence-corrected chi connectivity index (χ0v) is 15.5. The summed E-state index contributed by atoms with van der Waals surface area (Å²) < 4.78 is 28.0. The van der Waals surface area contributed by atoms with Crippen molar-refractivity contribution in [2.75, 3.05) is 24.7 Å². The van der Waals surface area contributed by atoms with Gasteiger partial charge < -0.3 is 9.64 Å². The Hall–Kier alpha value is -2.20. The van der Waals surface area contributed by atoms with Crippen molar-refractivity contribution in [1.29, 1.82) is 0 Å². The van der Waals surface area contributed by atoms with Crippen LogP contribution in [0, 0.1) is 10.1 Å². The molecule has 0 radical (unpaired) electrons. The van der Waals surface area contributed by atoms with E-state index in [1.807, 2.05) is 0 Å². The molecule has 1 atom stereocenters. The molecule has 0 bridgehead atoms. The van der Waals surface area contributed by atoms with Gasteiger partial charge in [0.25, 0.3) is 11.6 Å². The van der Waals surface area contributed by atoms with E-state index in [4.69, 9.17) is 16.3 Å². The van der Waals surface area contributed by atoms with E-state index in [-0.39, 0.29) is 34.3 Å². The average Bonchev–Trinajstić information content (AvgIpc) is 2.93. The maximum atomic E-state index is 12.3. The van der Waals surface area contributed by atoms with E-state index < -0.39 is 39.3 Å². The Morgan fingerprint density at radius 2 is 2.12 bits per heavy atom. The lowest BCUT2D eigenvalue weighted by molar-refractivity contribution is -0.384. The topological polar surface area (TPSA) is 124 Å². The van der Waals surface area contributed by atoms with Crippen molar-refractivity contribution in [3.8, 4) is 0 Å². The standard InChI is InChI=1S/C15H17ClN2O7S/c1-2-17(11-5-6-26(23,24)9-11)14(19)8-25-15(20)12-7-10(18(21)22)3-4-13(12)16/h3-4,7,11H,2,5-6,8-9H2,1H3/t11-/m0/s1. The Morgan fingerprint density at radius 1 is 1.42 bits per heavy atom. The Balaban J connectivity index is 2.03. The molecule has 142 valence electrons. The van der Waals surface area contributed by atoms with Crippen LogP contribution in [0.1, 0.15) is 23.7 Å². The molecule has 11 heteroatoms. The van der Waals surface area contributed by atoms with Crippen molar-refractivity contribution < 1.29 is 27.7 Å². The van der Waals surface area contributed by atoms with E-state index in [9.17, 15) is 28.1 Å². The van der Waals surface area contributed by atoms with Crippen LogP contribution in [0.5, 0.6) is 0 Å². The number of benzene rings is 1. The number of hydrogen-bond acceptors (Lipinski definition) is 7. The van der Waals surface area contributed by atoms with Crippen molar-refractivity contribution in [2.24, 2.45) is 0 Å². The third-order valence-corrected chi connectivity index (χ3v) is 6.10. The number of nitro benzene ring substituents is 1. The Labute approximate surface area is 154 Å². The first kappa shape index (κ1) is 20.1. The normalized spacial score (nSPS) is 18.3. The van der Waals surface area contributed by atoms with Crippen LogP contribution >= 0.6 is 11.6 Å². The fourth-order valence-electron chi connectivity index (χ4n) is 2.73. The highest BCUT2D eigenvalue weighted by Crippen LogP contribution is 2.23. The molecule has 0 unspecified atom stereocenters. The lowest BCUT2D eigenvalue weighted by Crippen LogP contribution is -2.43. The number of carbonyl (C=O) groups excluding carboxylic acids is 2. The number of amides is 1. The summed E-state index contributed by atoms with van der Waals surface area (Å²) in [6, 6.07) is 2.86. The Bertz CT molecular complexity index is 840. The molecule has 0 saturated carbocycles. The Morgan fingerprint density at radius 3 is 2.65 bits per heavy atom. The minimum atomic E-state index is -3.16. The fraction of sp³-hybridized carbons (Fsp3) is 0.467. The molecule has 0 aliphatic carbocycles. The molecule has 1 saturated heterocycles. The molecule has 2 rings (SSSR count). The van der Waals surface area contributed by atoms with Gasteiger partial charge in [0.2, 0.25) is 0 Å². The number of hydrogen-bond donors (Lipinski definition) is 0. The molecule has 1 aliphatic rings. The van der Waals surface area contributed by atoms with E-state index in [0.717, 1.165) is 12.1 Å². The van der Waals surface area contributed by atoms with Crippen molar-refractivity contribution in [3.05, 3.63) is 38.9 Å². The molecular weight excluding hydrogens is 388 g/mol. The number of likely N-dealkylation sites (N-methyl/N-ethyl adjacent to an activating group) is 1. The van der Waals surface area contributed by atoms with Gasteiger partial charge in [-0.25, -0.2) is 13.2 Å². The number of nitrogens with zero attached hydrogens (tertiary/aromatic N) is 2. The minimum absolute atomic E-state index is 0.0184. The van der Waals surface area contributed by atoms with Crippen LogP contribution in [-0.2, 0) is 19.4 Å². The highest BCUT2D eigenvalue weighted by atomic mass is 35.5. The largest absolute Gasteiger partial charge is 0.452 e. The average molecular weight is 405 g/mol. The first-order valence-electron chi connectivity index (χ1n) is 7.75. The molecule has 26 heavy (non-hydrogen) atoms. The number of halogens is 1. The van der Waals surface area contributed by atoms with Crippen LogP contribution in [0.2, 0.25) is 5.02 Å². The number of sulfone groups is 1. The van der Waals surface area contributed by atoms with Gasteiger partial charge in [-0.1, -0.05) is 11.6 Å². The van der Waals surface area contributed by atoms with Crippen molar-refractivity contribution >= 4 is 39.0 Å². The van der Waals surface area contributed by atoms with Crippen LogP contribution in [0.3, 0.4) is 0 Å². The monoisotopic (exact) mass is 404 g/mol. The molecular formula is C15H17ClN2O7S. The summed E-state index contributed by atoms with van der Waals surface area (Å²) in [6.45, 7) is 1.36. The lowest BCUT2D eigenvalue weighted by Gasteiger charge is -2.26. The SMILES string of the molecule is CCN(C(=O)COC(=O)c1cc([N+](=O)[O-])ccc1Cl)[C@H]1CCS(=O)(=O)C1. The van der Waals surface area contributed by atoms with Crippen LogP contribution in [0.4, 0.5) is 5.69 Å². The molecule has 1 heterocycles. The summed E-state index contributed by atoms with van der Waals surface area (Å²) >= 11 is 5.85. The third kappa shape index (κ3) is 4.70. The van der Waals surface area contributed by atoms with E-state index in [1.165, 1.54) is 11.0 Å². The maximum absolute atomic E-state index is 12.3. The second kappa shape index (κ2) is 8.00. The molecule has 9 nitrogen and oxygen atoms in total. The second-order valence-electron chi connectivity index (χ2n) is 5.73. The number of ether oxygens (including phenoxy) is 1. The summed E-state index contributed by atoms with van der Waals surface area (Å²) in [4.78, 5) is 35.8. The van der Waals surface area contributed by atoms with Gasteiger partial charge in [0, 0.05) is 24.7 Å². The minimum Gasteiger partial charge on any atom is -0.452 e. The van der Waals surface area contributed by atoms with Crippen molar-refractivity contribution in [3.63, 3.8) is 0 Å². The van der Waals surface area contributed by atoms with Gasteiger partial charge >= 0.3 is 5.97 Å². The highest BCUT2D eigenvalue weighted by molar-refractivity contribution is 7.91. The first-order chi connectivity index (χ1) is 12.1. The quantitative estimate of drug-likeness (QED) is 0.399. The molecule has 0 spiro atoms. The molecule has 1 amide bonds. The van der Waals surface area contributed by atoms with Crippen LogP contribution in [0.15, 0.2) is 18.2 Å². The summed E-state index contributed by atoms with van der Waals surface area (Å²) in [7, 11) is -3.16. The second-order valence-corrected chi connectivity index (χ2v) is 8.37. The molecule has 0 aromatic heterocycles. The van der Waals surface area contributed by atoms with Gasteiger partial charge in [0.1, 0.15) is 0 Å². The summed E-state index contributed by atoms with van der Waals surface area (Å²) in [5.74, 6) is -1.60. The maximum Gasteiger partial charge on any atom is 0.340 e. The molecule has 1 aromatic carbocycles. The molecule has 0 N–H and O–H groups in total. The predicted molar refractivity (Wildman–Crippen MR) is 92.8 cm³/mol. The number of rotatable bonds is 6. The molecule has 1 fully saturated rings. The van der Waals surface area contributed by atoms with Crippen molar-refractivity contribution in [2.45, 2.75) is 19.4 Å². The van der Waals surface area contributed by atoms with Gasteiger partial charge in [-0.2, -0.15) is 0 Å². The Kier molecular flexibility index (Phi) is 6.19. The third-order valence-electron chi connectivity index (χ3n) is 4.02. The first-order valence-corrected chi connectivity index (χ1v) is 9.95. The zero-order valence-electron chi connectivity index (χ0n) is 13.9. The van der Waals surface area contributed by atoms with Gasteiger partial charge in [0.05, 0.1) is 27.0 Å². The van der Waals surface area contributed by atoms with Gasteiger partial charge in [-0.15, -0.1) is 0 Å².